The van der Waals surface area contributed by atoms with Crippen LogP contribution in [0.1, 0.15) is 12.3 Å². The Morgan fingerprint density at radius 2 is 2.33 bits per heavy atom. The van der Waals surface area contributed by atoms with Gasteiger partial charge in [-0.1, -0.05) is 12.1 Å². The van der Waals surface area contributed by atoms with Crippen LogP contribution < -0.4 is 0 Å². The molecule has 1 aromatic carbocycles. The van der Waals surface area contributed by atoms with E-state index in [4.69, 9.17) is 9.15 Å². The van der Waals surface area contributed by atoms with Crippen LogP contribution in [0, 0.1) is 0 Å². The Morgan fingerprint density at radius 1 is 1.48 bits per heavy atom. The maximum Gasteiger partial charge on any atom is 0.308 e. The van der Waals surface area contributed by atoms with Gasteiger partial charge in [0, 0.05) is 13.1 Å². The number of nitrogens with zero attached hydrogens (tertiary/aromatic N) is 2. The van der Waals surface area contributed by atoms with E-state index in [1.165, 1.54) is 7.11 Å². The molecule has 0 spiro atoms. The lowest BCUT2D eigenvalue weighted by molar-refractivity contribution is -0.145. The van der Waals surface area contributed by atoms with E-state index in [0.29, 0.717) is 25.6 Å². The van der Waals surface area contributed by atoms with Crippen LogP contribution in [0.2, 0.25) is 0 Å². The monoisotopic (exact) mass is 290 g/mol. The van der Waals surface area contributed by atoms with Gasteiger partial charge in [0.2, 0.25) is 5.89 Å². The molecule has 21 heavy (non-hydrogen) atoms. The molecule has 0 aliphatic carbocycles. The lowest BCUT2D eigenvalue weighted by atomic mass is 10.2. The molecule has 6 nitrogen and oxygen atoms in total. The molecule has 0 N–H and O–H groups in total. The van der Waals surface area contributed by atoms with Gasteiger partial charge in [-0.3, -0.25) is 9.69 Å². The minimum Gasteiger partial charge on any atom is -0.469 e. The maximum atomic E-state index is 11.3. The molecule has 1 aliphatic heterocycles. The Morgan fingerprint density at radius 3 is 3.14 bits per heavy atom. The Bertz CT molecular complexity index is 592. The summed E-state index contributed by atoms with van der Waals surface area (Å²) >= 11 is 0. The van der Waals surface area contributed by atoms with E-state index in [1.54, 1.807) is 0 Å². The molecule has 1 atom stereocenters. The third-order valence-electron chi connectivity index (χ3n) is 3.54. The van der Waals surface area contributed by atoms with Crippen molar-refractivity contribution in [2.24, 2.45) is 0 Å². The number of hydrogen-bond acceptors (Lipinski definition) is 6. The summed E-state index contributed by atoms with van der Waals surface area (Å²) in [6, 6.07) is 7.71. The van der Waals surface area contributed by atoms with Gasteiger partial charge in [0.1, 0.15) is 5.52 Å². The highest BCUT2D eigenvalue weighted by molar-refractivity contribution is 5.72. The molecule has 6 heteroatoms. The van der Waals surface area contributed by atoms with Crippen molar-refractivity contribution in [3.05, 3.63) is 30.2 Å². The van der Waals surface area contributed by atoms with Gasteiger partial charge in [-0.2, -0.15) is 0 Å². The van der Waals surface area contributed by atoms with Gasteiger partial charge in [-0.15, -0.1) is 0 Å². The summed E-state index contributed by atoms with van der Waals surface area (Å²) in [6.45, 7) is 2.70. The quantitative estimate of drug-likeness (QED) is 0.797. The number of rotatable bonds is 4. The van der Waals surface area contributed by atoms with Gasteiger partial charge < -0.3 is 13.9 Å². The number of carbonyl (C=O) groups excluding carboxylic acids is 1. The zero-order chi connectivity index (χ0) is 14.7. The molecule has 0 radical (unpaired) electrons. The first-order valence-electron chi connectivity index (χ1n) is 7.00. The topological polar surface area (TPSA) is 64.8 Å². The van der Waals surface area contributed by atoms with Crippen LogP contribution >= 0.6 is 0 Å². The van der Waals surface area contributed by atoms with E-state index in [9.17, 15) is 4.79 Å². The van der Waals surface area contributed by atoms with Gasteiger partial charge >= 0.3 is 5.97 Å². The van der Waals surface area contributed by atoms with E-state index in [1.807, 2.05) is 24.3 Å². The third kappa shape index (κ3) is 3.40. The van der Waals surface area contributed by atoms with Gasteiger partial charge in [-0.05, 0) is 12.1 Å². The van der Waals surface area contributed by atoms with Crippen LogP contribution in [-0.4, -0.2) is 48.8 Å². The fraction of sp³-hybridized carbons (Fsp3) is 0.467. The van der Waals surface area contributed by atoms with Crippen LogP contribution in [-0.2, 0) is 20.8 Å². The highest BCUT2D eigenvalue weighted by Gasteiger charge is 2.24. The first-order chi connectivity index (χ1) is 10.2. The number of carbonyl (C=O) groups is 1. The normalized spacial score (nSPS) is 19.8. The van der Waals surface area contributed by atoms with Crippen molar-refractivity contribution in [3.63, 3.8) is 0 Å². The molecule has 0 saturated carbocycles. The molecule has 112 valence electrons. The van der Waals surface area contributed by atoms with Gasteiger partial charge in [0.25, 0.3) is 0 Å². The largest absolute Gasteiger partial charge is 0.469 e. The Labute approximate surface area is 122 Å². The number of morpholine rings is 1. The number of fused-ring (bicyclic) bond motifs is 1. The van der Waals surface area contributed by atoms with E-state index in [2.05, 4.69) is 14.6 Å². The smallest absolute Gasteiger partial charge is 0.308 e. The molecular formula is C15H18N2O4. The molecule has 1 fully saturated rings. The van der Waals surface area contributed by atoms with Gasteiger partial charge in [0.05, 0.1) is 32.8 Å². The first-order valence-corrected chi connectivity index (χ1v) is 7.00. The second-order valence-corrected chi connectivity index (χ2v) is 5.08. The Hall–Kier alpha value is -1.92. The van der Waals surface area contributed by atoms with Crippen molar-refractivity contribution in [2.75, 3.05) is 26.8 Å². The molecule has 2 aromatic rings. The minimum absolute atomic E-state index is 0.129. The number of hydrogen-bond donors (Lipinski definition) is 0. The van der Waals surface area contributed by atoms with Crippen LogP contribution in [0.4, 0.5) is 0 Å². The van der Waals surface area contributed by atoms with E-state index in [-0.39, 0.29) is 18.5 Å². The lowest BCUT2D eigenvalue weighted by Gasteiger charge is -2.31. The number of oxazole rings is 1. The predicted molar refractivity (Wildman–Crippen MR) is 75.7 cm³/mol. The molecule has 1 unspecified atom stereocenters. The molecule has 1 saturated heterocycles. The van der Waals surface area contributed by atoms with Crippen molar-refractivity contribution in [1.82, 2.24) is 9.88 Å². The molecular weight excluding hydrogens is 272 g/mol. The van der Waals surface area contributed by atoms with Crippen molar-refractivity contribution >= 4 is 17.1 Å². The second kappa shape index (κ2) is 6.24. The van der Waals surface area contributed by atoms with Crippen molar-refractivity contribution in [2.45, 2.75) is 19.1 Å². The number of methoxy groups -OCH3 is 1. The minimum atomic E-state index is -0.247. The molecule has 0 amide bonds. The van der Waals surface area contributed by atoms with Crippen molar-refractivity contribution in [1.29, 1.82) is 0 Å². The average molecular weight is 290 g/mol. The summed E-state index contributed by atoms with van der Waals surface area (Å²) in [5, 5.41) is 0. The Kier molecular flexibility index (Phi) is 4.17. The third-order valence-corrected chi connectivity index (χ3v) is 3.54. The molecule has 0 bridgehead atoms. The highest BCUT2D eigenvalue weighted by Crippen LogP contribution is 2.17. The molecule has 2 heterocycles. The summed E-state index contributed by atoms with van der Waals surface area (Å²) in [5.74, 6) is 0.443. The maximum absolute atomic E-state index is 11.3. The van der Waals surface area contributed by atoms with Gasteiger partial charge in [-0.25, -0.2) is 4.98 Å². The summed E-state index contributed by atoms with van der Waals surface area (Å²) in [4.78, 5) is 18.0. The number of ether oxygens (including phenoxy) is 2. The molecule has 1 aliphatic rings. The van der Waals surface area contributed by atoms with Gasteiger partial charge in [0.15, 0.2) is 5.58 Å². The zero-order valence-electron chi connectivity index (χ0n) is 11.9. The zero-order valence-corrected chi connectivity index (χ0v) is 11.9. The van der Waals surface area contributed by atoms with Crippen molar-refractivity contribution in [3.8, 4) is 0 Å². The summed E-state index contributed by atoms with van der Waals surface area (Å²) in [6.07, 6.45) is 0.149. The summed E-state index contributed by atoms with van der Waals surface area (Å²) < 4.78 is 16.0. The highest BCUT2D eigenvalue weighted by atomic mass is 16.5. The van der Waals surface area contributed by atoms with E-state index in [0.717, 1.165) is 17.6 Å². The van der Waals surface area contributed by atoms with Crippen LogP contribution in [0.25, 0.3) is 11.1 Å². The van der Waals surface area contributed by atoms with E-state index < -0.39 is 0 Å². The lowest BCUT2D eigenvalue weighted by Crippen LogP contribution is -2.42. The standard InChI is InChI=1S/C15H18N2O4/c1-19-15(18)8-11-9-17(6-7-20-11)10-14-16-12-4-2-3-5-13(12)21-14/h2-5,11H,6-10H2,1H3. The number of para-hydroxylation sites is 2. The fourth-order valence-corrected chi connectivity index (χ4v) is 2.50. The number of aromatic nitrogens is 1. The molecule has 1 aromatic heterocycles. The van der Waals surface area contributed by atoms with Crippen LogP contribution in [0.5, 0.6) is 0 Å². The average Bonchev–Trinajstić information content (AvgIpc) is 2.89. The number of esters is 1. The second-order valence-electron chi connectivity index (χ2n) is 5.08. The first kappa shape index (κ1) is 14.0. The fourth-order valence-electron chi connectivity index (χ4n) is 2.50. The summed E-state index contributed by atoms with van der Waals surface area (Å²) in [7, 11) is 1.39. The molecule has 3 rings (SSSR count). The van der Waals surface area contributed by atoms with Crippen molar-refractivity contribution < 1.29 is 18.7 Å². The number of benzene rings is 1. The summed E-state index contributed by atoms with van der Waals surface area (Å²) in [5.41, 5.74) is 1.67. The Balaban J connectivity index is 1.62. The predicted octanol–water partition coefficient (Wildman–Crippen LogP) is 1.59. The van der Waals surface area contributed by atoms with Crippen LogP contribution in [0.15, 0.2) is 28.7 Å². The SMILES string of the molecule is COC(=O)CC1CN(Cc2nc3ccccc3o2)CCO1. The van der Waals surface area contributed by atoms with E-state index >= 15 is 0 Å². The van der Waals surface area contributed by atoms with Crippen LogP contribution in [0.3, 0.4) is 0 Å².